The summed E-state index contributed by atoms with van der Waals surface area (Å²) in [5.41, 5.74) is 10.2. The van der Waals surface area contributed by atoms with E-state index in [0.29, 0.717) is 0 Å². The molecule has 3 nitrogen and oxygen atoms in total. The highest BCUT2D eigenvalue weighted by atomic mass is 16.5. The van der Waals surface area contributed by atoms with Gasteiger partial charge in [-0.05, 0) is 50.2 Å². The van der Waals surface area contributed by atoms with E-state index in [9.17, 15) is 0 Å². The summed E-state index contributed by atoms with van der Waals surface area (Å²) in [6.07, 6.45) is 4.35. The van der Waals surface area contributed by atoms with E-state index >= 15 is 0 Å². The molecule has 2 N–H and O–H groups in total. The molecule has 1 unspecified atom stereocenters. The summed E-state index contributed by atoms with van der Waals surface area (Å²) in [4.78, 5) is 2.41. The SMILES string of the molecule is CCC(N)Cc1cc(C)ccc1N(C)CC1CCOCC1. The number of aryl methyl sites for hydroxylation is 1. The number of hydrogen-bond donors (Lipinski definition) is 1. The van der Waals surface area contributed by atoms with E-state index in [-0.39, 0.29) is 6.04 Å². The average molecular weight is 290 g/mol. The highest BCUT2D eigenvalue weighted by Gasteiger charge is 2.18. The lowest BCUT2D eigenvalue weighted by Gasteiger charge is -2.30. The number of anilines is 1. The number of nitrogens with zero attached hydrogens (tertiary/aromatic N) is 1. The molecular formula is C18H30N2O. The number of hydrogen-bond acceptors (Lipinski definition) is 3. The van der Waals surface area contributed by atoms with Crippen LogP contribution in [0.2, 0.25) is 0 Å². The van der Waals surface area contributed by atoms with Gasteiger partial charge in [0.1, 0.15) is 0 Å². The van der Waals surface area contributed by atoms with Crippen LogP contribution in [-0.2, 0) is 11.2 Å². The smallest absolute Gasteiger partial charge is 0.0469 e. The summed E-state index contributed by atoms with van der Waals surface area (Å²) in [5.74, 6) is 0.748. The summed E-state index contributed by atoms with van der Waals surface area (Å²) < 4.78 is 5.46. The Labute approximate surface area is 129 Å². The molecule has 0 radical (unpaired) electrons. The number of nitrogens with two attached hydrogens (primary N) is 1. The Bertz CT molecular complexity index is 441. The predicted octanol–water partition coefficient (Wildman–Crippen LogP) is 3.14. The van der Waals surface area contributed by atoms with Crippen molar-refractivity contribution in [1.29, 1.82) is 0 Å². The number of ether oxygens (including phenoxy) is 1. The van der Waals surface area contributed by atoms with Crippen LogP contribution in [0.15, 0.2) is 18.2 Å². The van der Waals surface area contributed by atoms with E-state index in [4.69, 9.17) is 10.5 Å². The van der Waals surface area contributed by atoms with Gasteiger partial charge in [-0.2, -0.15) is 0 Å². The fraction of sp³-hybridized carbons (Fsp3) is 0.667. The Morgan fingerprint density at radius 1 is 1.33 bits per heavy atom. The molecule has 1 aliphatic rings. The van der Waals surface area contributed by atoms with Crippen molar-refractivity contribution in [2.24, 2.45) is 11.7 Å². The molecule has 2 rings (SSSR count). The second-order valence-corrected chi connectivity index (χ2v) is 6.44. The lowest BCUT2D eigenvalue weighted by Crippen LogP contribution is -2.31. The first-order chi connectivity index (χ1) is 10.1. The summed E-state index contributed by atoms with van der Waals surface area (Å²) in [5, 5.41) is 0. The third-order valence-corrected chi connectivity index (χ3v) is 4.53. The molecule has 0 spiro atoms. The lowest BCUT2D eigenvalue weighted by molar-refractivity contribution is 0.0685. The van der Waals surface area contributed by atoms with Gasteiger partial charge in [0, 0.05) is 38.5 Å². The second-order valence-electron chi connectivity index (χ2n) is 6.44. The largest absolute Gasteiger partial charge is 0.381 e. The zero-order valence-corrected chi connectivity index (χ0v) is 13.8. The third-order valence-electron chi connectivity index (χ3n) is 4.53. The maximum Gasteiger partial charge on any atom is 0.0469 e. The average Bonchev–Trinajstić information content (AvgIpc) is 2.48. The molecule has 118 valence electrons. The van der Waals surface area contributed by atoms with Crippen LogP contribution in [0.3, 0.4) is 0 Å². The minimum Gasteiger partial charge on any atom is -0.381 e. The highest BCUT2D eigenvalue weighted by Crippen LogP contribution is 2.25. The van der Waals surface area contributed by atoms with Gasteiger partial charge < -0.3 is 15.4 Å². The van der Waals surface area contributed by atoms with E-state index in [1.807, 2.05) is 0 Å². The fourth-order valence-corrected chi connectivity index (χ4v) is 3.09. The van der Waals surface area contributed by atoms with Crippen molar-refractivity contribution >= 4 is 5.69 Å². The fourth-order valence-electron chi connectivity index (χ4n) is 3.09. The Balaban J connectivity index is 2.09. The number of benzene rings is 1. The Kier molecular flexibility index (Phi) is 6.07. The Hall–Kier alpha value is -1.06. The molecule has 0 aromatic heterocycles. The normalized spacial score (nSPS) is 17.7. The van der Waals surface area contributed by atoms with Crippen LogP contribution in [0.1, 0.15) is 37.3 Å². The van der Waals surface area contributed by atoms with E-state index in [1.54, 1.807) is 0 Å². The maximum atomic E-state index is 6.17. The second kappa shape index (κ2) is 7.81. The molecule has 21 heavy (non-hydrogen) atoms. The van der Waals surface area contributed by atoms with Gasteiger partial charge in [0.2, 0.25) is 0 Å². The molecule has 3 heteroatoms. The zero-order valence-electron chi connectivity index (χ0n) is 13.8. The molecule has 1 saturated heterocycles. The maximum absolute atomic E-state index is 6.17. The quantitative estimate of drug-likeness (QED) is 0.875. The first-order valence-corrected chi connectivity index (χ1v) is 8.24. The van der Waals surface area contributed by atoms with Crippen molar-refractivity contribution in [1.82, 2.24) is 0 Å². The minimum atomic E-state index is 0.252. The molecule has 0 aliphatic carbocycles. The van der Waals surface area contributed by atoms with Crippen LogP contribution in [-0.4, -0.2) is 32.8 Å². The standard InChI is InChI=1S/C18H30N2O/c1-4-17(19)12-16-11-14(2)5-6-18(16)20(3)13-15-7-9-21-10-8-15/h5-6,11,15,17H,4,7-10,12-13,19H2,1-3H3. The molecule has 0 bridgehead atoms. The lowest BCUT2D eigenvalue weighted by atomic mass is 9.97. The first kappa shape index (κ1) is 16.3. The molecule has 1 aromatic carbocycles. The van der Waals surface area contributed by atoms with Crippen molar-refractivity contribution in [2.45, 2.75) is 45.6 Å². The van der Waals surface area contributed by atoms with E-state index in [0.717, 1.165) is 38.5 Å². The van der Waals surface area contributed by atoms with Crippen LogP contribution in [0.25, 0.3) is 0 Å². The summed E-state index contributed by atoms with van der Waals surface area (Å²) in [6.45, 7) is 7.26. The molecule has 1 fully saturated rings. The molecule has 1 aliphatic heterocycles. The van der Waals surface area contributed by atoms with Crippen LogP contribution in [0.5, 0.6) is 0 Å². The van der Waals surface area contributed by atoms with Crippen molar-refractivity contribution in [2.75, 3.05) is 31.7 Å². The van der Waals surface area contributed by atoms with E-state index in [1.165, 1.54) is 29.7 Å². The Morgan fingerprint density at radius 2 is 2.05 bits per heavy atom. The van der Waals surface area contributed by atoms with Crippen LogP contribution < -0.4 is 10.6 Å². The van der Waals surface area contributed by atoms with Crippen LogP contribution >= 0.6 is 0 Å². The van der Waals surface area contributed by atoms with Crippen LogP contribution in [0.4, 0.5) is 5.69 Å². The van der Waals surface area contributed by atoms with Gasteiger partial charge in [-0.25, -0.2) is 0 Å². The topological polar surface area (TPSA) is 38.5 Å². The third kappa shape index (κ3) is 4.72. The first-order valence-electron chi connectivity index (χ1n) is 8.24. The molecule has 1 atom stereocenters. The summed E-state index contributed by atoms with van der Waals surface area (Å²) in [7, 11) is 2.21. The summed E-state index contributed by atoms with van der Waals surface area (Å²) >= 11 is 0. The van der Waals surface area contributed by atoms with E-state index < -0.39 is 0 Å². The minimum absolute atomic E-state index is 0.252. The van der Waals surface area contributed by atoms with Gasteiger partial charge >= 0.3 is 0 Å². The molecule has 1 aromatic rings. The van der Waals surface area contributed by atoms with Gasteiger partial charge in [0.25, 0.3) is 0 Å². The predicted molar refractivity (Wildman–Crippen MR) is 90.0 cm³/mol. The number of rotatable bonds is 6. The monoisotopic (exact) mass is 290 g/mol. The Morgan fingerprint density at radius 3 is 2.71 bits per heavy atom. The van der Waals surface area contributed by atoms with Gasteiger partial charge in [0.15, 0.2) is 0 Å². The van der Waals surface area contributed by atoms with Gasteiger partial charge in [-0.1, -0.05) is 24.6 Å². The molecule has 1 heterocycles. The van der Waals surface area contributed by atoms with Crippen molar-refractivity contribution in [3.63, 3.8) is 0 Å². The molecule has 0 amide bonds. The summed E-state index contributed by atoms with van der Waals surface area (Å²) in [6, 6.07) is 7.01. The zero-order chi connectivity index (χ0) is 15.2. The highest BCUT2D eigenvalue weighted by molar-refractivity contribution is 5.55. The van der Waals surface area contributed by atoms with Gasteiger partial charge in [-0.3, -0.25) is 0 Å². The molecule has 0 saturated carbocycles. The van der Waals surface area contributed by atoms with Crippen molar-refractivity contribution in [3.8, 4) is 0 Å². The van der Waals surface area contributed by atoms with Crippen molar-refractivity contribution in [3.05, 3.63) is 29.3 Å². The van der Waals surface area contributed by atoms with Crippen LogP contribution in [0, 0.1) is 12.8 Å². The van der Waals surface area contributed by atoms with E-state index in [2.05, 4.69) is 44.0 Å². The molecular weight excluding hydrogens is 260 g/mol. The van der Waals surface area contributed by atoms with Crippen molar-refractivity contribution < 1.29 is 4.74 Å². The van der Waals surface area contributed by atoms with Gasteiger partial charge in [-0.15, -0.1) is 0 Å². The van der Waals surface area contributed by atoms with Gasteiger partial charge in [0.05, 0.1) is 0 Å².